The number of hydrogen-bond acceptors (Lipinski definition) is 4. The van der Waals surface area contributed by atoms with E-state index < -0.39 is 5.41 Å². The lowest BCUT2D eigenvalue weighted by Crippen LogP contribution is -2.42. The normalized spacial score (nSPS) is 14.0. The van der Waals surface area contributed by atoms with Crippen LogP contribution in [0.15, 0.2) is 77.7 Å². The van der Waals surface area contributed by atoms with Gasteiger partial charge in [-0.15, -0.1) is 11.8 Å². The Kier molecular flexibility index (Phi) is 8.81. The summed E-state index contributed by atoms with van der Waals surface area (Å²) in [6.07, 6.45) is 2.84. The molecule has 3 aromatic rings. The van der Waals surface area contributed by atoms with Gasteiger partial charge in [-0.1, -0.05) is 48.0 Å². The van der Waals surface area contributed by atoms with Gasteiger partial charge in [0.05, 0.1) is 29.2 Å². The fourth-order valence-electron chi connectivity index (χ4n) is 4.26. The number of rotatable bonds is 9. The third-order valence-electron chi connectivity index (χ3n) is 6.30. The molecule has 0 aliphatic heterocycles. The van der Waals surface area contributed by atoms with Gasteiger partial charge in [0.1, 0.15) is 0 Å². The zero-order chi connectivity index (χ0) is 24.7. The quantitative estimate of drug-likeness (QED) is 0.317. The molecule has 3 atom stereocenters. The van der Waals surface area contributed by atoms with Crippen molar-refractivity contribution < 1.29 is 0 Å². The second kappa shape index (κ2) is 11.6. The van der Waals surface area contributed by atoms with Crippen LogP contribution in [0.3, 0.4) is 0 Å². The van der Waals surface area contributed by atoms with Crippen molar-refractivity contribution in [3.05, 3.63) is 100 Å². The molecule has 0 heterocycles. The summed E-state index contributed by atoms with van der Waals surface area (Å²) in [7, 11) is 0. The zero-order valence-electron chi connectivity index (χ0n) is 20.0. The van der Waals surface area contributed by atoms with Crippen molar-refractivity contribution in [2.24, 2.45) is 5.41 Å². The highest BCUT2D eigenvalue weighted by atomic mass is 35.5. The number of hydrogen-bond donors (Lipinski definition) is 1. The Morgan fingerprint density at radius 3 is 2.24 bits per heavy atom. The van der Waals surface area contributed by atoms with Gasteiger partial charge in [-0.25, -0.2) is 0 Å². The maximum absolute atomic E-state index is 9.98. The Balaban J connectivity index is 1.98. The van der Waals surface area contributed by atoms with Crippen molar-refractivity contribution in [1.29, 1.82) is 10.5 Å². The smallest absolute Gasteiger partial charge is 0.0991 e. The topological polar surface area (TPSA) is 59.6 Å². The third kappa shape index (κ3) is 6.43. The average Bonchev–Trinajstić information content (AvgIpc) is 2.86. The molecule has 0 aromatic heterocycles. The minimum atomic E-state index is -0.617. The van der Waals surface area contributed by atoms with Gasteiger partial charge < -0.3 is 5.32 Å². The SMILES string of the molecule is CSc1ccc([C@H](N[C@@H](C)C(Cc2ccc(Cl)cc2)c2cccc(C#N)c2)C(C)(C)C#N)cc1. The van der Waals surface area contributed by atoms with Crippen LogP contribution in [0.25, 0.3) is 0 Å². The van der Waals surface area contributed by atoms with E-state index in [9.17, 15) is 10.5 Å². The Bertz CT molecular complexity index is 1170. The highest BCUT2D eigenvalue weighted by molar-refractivity contribution is 7.98. The number of nitrogens with one attached hydrogen (secondary N) is 1. The zero-order valence-corrected chi connectivity index (χ0v) is 21.6. The molecule has 0 fully saturated rings. The van der Waals surface area contributed by atoms with E-state index >= 15 is 0 Å². The molecule has 1 unspecified atom stereocenters. The maximum Gasteiger partial charge on any atom is 0.0991 e. The van der Waals surface area contributed by atoms with E-state index in [0.29, 0.717) is 10.6 Å². The lowest BCUT2D eigenvalue weighted by molar-refractivity contribution is 0.281. The fraction of sp³-hybridized carbons (Fsp3) is 0.310. The Hall–Kier alpha value is -2.76. The second-order valence-corrected chi connectivity index (χ2v) is 10.5. The van der Waals surface area contributed by atoms with Crippen molar-refractivity contribution in [3.63, 3.8) is 0 Å². The van der Waals surface area contributed by atoms with Crippen molar-refractivity contribution in [1.82, 2.24) is 5.32 Å². The van der Waals surface area contributed by atoms with Gasteiger partial charge in [0.2, 0.25) is 0 Å². The third-order valence-corrected chi connectivity index (χ3v) is 7.30. The highest BCUT2D eigenvalue weighted by Gasteiger charge is 2.34. The molecule has 0 radical (unpaired) electrons. The molecule has 5 heteroatoms. The first-order valence-electron chi connectivity index (χ1n) is 11.3. The summed E-state index contributed by atoms with van der Waals surface area (Å²) in [5.41, 5.74) is 3.39. The largest absolute Gasteiger partial charge is 0.305 e. The standard InChI is InChI=1S/C29H30ClN3S/c1-20(33-28(29(2,3)19-32)23-10-14-26(34-4)15-11-23)27(17-21-8-12-25(30)13-9-21)24-7-5-6-22(16-24)18-31/h5-16,20,27-28,33H,17H2,1-4H3/t20-,27?,28-/m0/s1. The van der Waals surface area contributed by atoms with E-state index in [1.165, 1.54) is 10.5 Å². The van der Waals surface area contributed by atoms with Crippen molar-refractivity contribution in [2.45, 2.75) is 50.1 Å². The molecule has 0 amide bonds. The van der Waals surface area contributed by atoms with Gasteiger partial charge in [-0.3, -0.25) is 0 Å². The number of benzene rings is 3. The van der Waals surface area contributed by atoms with E-state index in [0.717, 1.165) is 17.5 Å². The first-order valence-corrected chi connectivity index (χ1v) is 12.9. The van der Waals surface area contributed by atoms with E-state index in [-0.39, 0.29) is 18.0 Å². The molecule has 0 bridgehead atoms. The first-order chi connectivity index (χ1) is 16.3. The Labute approximate surface area is 212 Å². The number of nitrogens with zero attached hydrogens (tertiary/aromatic N) is 2. The first kappa shape index (κ1) is 25.9. The van der Waals surface area contributed by atoms with Gasteiger partial charge >= 0.3 is 0 Å². The van der Waals surface area contributed by atoms with Crippen LogP contribution in [0, 0.1) is 28.1 Å². The fourth-order valence-corrected chi connectivity index (χ4v) is 4.79. The summed E-state index contributed by atoms with van der Waals surface area (Å²) < 4.78 is 0. The monoisotopic (exact) mass is 487 g/mol. The number of nitriles is 2. The highest BCUT2D eigenvalue weighted by Crippen LogP contribution is 2.36. The summed E-state index contributed by atoms with van der Waals surface area (Å²) in [5.74, 6) is 0.0944. The molecule has 34 heavy (non-hydrogen) atoms. The van der Waals surface area contributed by atoms with Crippen LogP contribution in [-0.2, 0) is 6.42 Å². The van der Waals surface area contributed by atoms with Crippen molar-refractivity contribution in [2.75, 3.05) is 6.26 Å². The van der Waals surface area contributed by atoms with Crippen molar-refractivity contribution >= 4 is 23.4 Å². The van der Waals surface area contributed by atoms with Crippen LogP contribution in [0.5, 0.6) is 0 Å². The van der Waals surface area contributed by atoms with Crippen molar-refractivity contribution in [3.8, 4) is 12.1 Å². The Morgan fingerprint density at radius 2 is 1.65 bits per heavy atom. The molecule has 3 nitrogen and oxygen atoms in total. The average molecular weight is 488 g/mol. The summed E-state index contributed by atoms with van der Waals surface area (Å²) in [4.78, 5) is 1.19. The van der Waals surface area contributed by atoms with Crippen LogP contribution in [0.2, 0.25) is 5.02 Å². The van der Waals surface area contributed by atoms with E-state index in [1.54, 1.807) is 11.8 Å². The molecule has 3 rings (SSSR count). The van der Waals surface area contributed by atoms with Crippen LogP contribution >= 0.6 is 23.4 Å². The molecular weight excluding hydrogens is 458 g/mol. The van der Waals surface area contributed by atoms with E-state index in [2.05, 4.69) is 61.0 Å². The molecule has 0 saturated carbocycles. The summed E-state index contributed by atoms with van der Waals surface area (Å²) in [6, 6.07) is 28.8. The predicted octanol–water partition coefficient (Wildman–Crippen LogP) is 7.53. The lowest BCUT2D eigenvalue weighted by atomic mass is 9.79. The van der Waals surface area contributed by atoms with Gasteiger partial charge in [0.25, 0.3) is 0 Å². The number of thioether (sulfide) groups is 1. The van der Waals surface area contributed by atoms with E-state index in [1.807, 2.05) is 56.3 Å². The molecule has 0 aliphatic carbocycles. The van der Waals surface area contributed by atoms with E-state index in [4.69, 9.17) is 11.6 Å². The lowest BCUT2D eigenvalue weighted by Gasteiger charge is -2.36. The second-order valence-electron chi connectivity index (χ2n) is 9.17. The summed E-state index contributed by atoms with van der Waals surface area (Å²) >= 11 is 7.81. The predicted molar refractivity (Wildman–Crippen MR) is 142 cm³/mol. The molecule has 0 spiro atoms. The maximum atomic E-state index is 9.98. The van der Waals surface area contributed by atoms with Gasteiger partial charge in [0, 0.05) is 21.9 Å². The molecule has 1 N–H and O–H groups in total. The van der Waals surface area contributed by atoms with Gasteiger partial charge in [-0.05, 0) is 86.5 Å². The number of halogens is 1. The molecular formula is C29H30ClN3S. The van der Waals surface area contributed by atoms with Crippen LogP contribution < -0.4 is 5.32 Å². The minimum absolute atomic E-state index is 0.0301. The summed E-state index contributed by atoms with van der Waals surface area (Å²) in [5, 5.41) is 23.9. The molecule has 0 saturated heterocycles. The molecule has 0 aliphatic rings. The van der Waals surface area contributed by atoms with Crippen LogP contribution in [0.4, 0.5) is 0 Å². The molecule has 3 aromatic carbocycles. The van der Waals surface area contributed by atoms with Crippen LogP contribution in [-0.4, -0.2) is 12.3 Å². The van der Waals surface area contributed by atoms with Gasteiger partial charge in [-0.2, -0.15) is 10.5 Å². The summed E-state index contributed by atoms with van der Waals surface area (Å²) in [6.45, 7) is 6.12. The minimum Gasteiger partial charge on any atom is -0.305 e. The Morgan fingerprint density at radius 1 is 0.971 bits per heavy atom. The van der Waals surface area contributed by atoms with Crippen LogP contribution in [0.1, 0.15) is 55.0 Å². The molecule has 174 valence electrons. The van der Waals surface area contributed by atoms with Gasteiger partial charge in [0.15, 0.2) is 0 Å².